The maximum Gasteiger partial charge on any atom is 0.0462 e. The molecule has 0 unspecified atom stereocenters. The number of rotatable bonds is 8. The molecule has 204 valence electrons. The summed E-state index contributed by atoms with van der Waals surface area (Å²) < 4.78 is 0. The summed E-state index contributed by atoms with van der Waals surface area (Å²) in [5.41, 5.74) is 13.0. The first-order valence-electron chi connectivity index (χ1n) is 14.1. The molecule has 0 radical (unpaired) electrons. The van der Waals surface area contributed by atoms with Crippen molar-refractivity contribution < 1.29 is 0 Å². The van der Waals surface area contributed by atoms with Crippen molar-refractivity contribution in [2.45, 2.75) is 48.5 Å². The Morgan fingerprint density at radius 3 is 1.35 bits per heavy atom. The molecule has 1 nitrogen and oxygen atoms in total. The maximum atomic E-state index is 4.00. The molecule has 0 bridgehead atoms. The number of hydrogen-bond acceptors (Lipinski definition) is 1. The fraction of sp³-hybridized carbons (Fsp3) is 0.179. The number of benzene rings is 4. The Hall–Kier alpha value is -4.36. The molecule has 0 amide bonds. The predicted octanol–water partition coefficient (Wildman–Crippen LogP) is 11.9. The van der Waals surface area contributed by atoms with Crippen LogP contribution in [0.1, 0.15) is 51.3 Å². The topological polar surface area (TPSA) is 3.24 Å². The van der Waals surface area contributed by atoms with Gasteiger partial charge in [-0.1, -0.05) is 128 Å². The molecule has 1 heteroatoms. The van der Waals surface area contributed by atoms with Gasteiger partial charge < -0.3 is 4.90 Å². The number of allylic oxidation sites excluding steroid dienone is 7. The molecule has 0 saturated carbocycles. The molecule has 4 aromatic rings. The van der Waals surface area contributed by atoms with Crippen LogP contribution in [0.4, 0.5) is 17.1 Å². The average molecular weight is 526 g/mol. The molecule has 0 atom stereocenters. The van der Waals surface area contributed by atoms with Crippen LogP contribution in [0.2, 0.25) is 0 Å². The first-order chi connectivity index (χ1) is 19.3. The lowest BCUT2D eigenvalue weighted by atomic mass is 9.99. The molecular weight excluding hydrogens is 482 g/mol. The zero-order chi connectivity index (χ0) is 29.1. The fourth-order valence-corrected chi connectivity index (χ4v) is 4.23. The number of hydrogen-bond donors (Lipinski definition) is 0. The van der Waals surface area contributed by atoms with Gasteiger partial charge in [-0.15, -0.1) is 0 Å². The van der Waals surface area contributed by atoms with Crippen molar-refractivity contribution in [3.05, 3.63) is 156 Å². The van der Waals surface area contributed by atoms with Crippen LogP contribution in [0.3, 0.4) is 0 Å². The highest BCUT2D eigenvalue weighted by atomic mass is 15.1. The summed E-state index contributed by atoms with van der Waals surface area (Å²) in [4.78, 5) is 2.31. The number of nitrogens with zero attached hydrogens (tertiary/aromatic N) is 1. The Labute approximate surface area is 242 Å². The third-order valence-electron chi connectivity index (χ3n) is 6.41. The van der Waals surface area contributed by atoms with Crippen molar-refractivity contribution >= 4 is 22.6 Å². The first-order valence-corrected chi connectivity index (χ1v) is 14.1. The van der Waals surface area contributed by atoms with Crippen molar-refractivity contribution in [3.63, 3.8) is 0 Å². The van der Waals surface area contributed by atoms with E-state index in [4.69, 9.17) is 0 Å². The van der Waals surface area contributed by atoms with Crippen molar-refractivity contribution in [3.8, 4) is 11.1 Å². The van der Waals surface area contributed by atoms with Gasteiger partial charge in [0, 0.05) is 17.1 Å². The highest BCUT2D eigenvalue weighted by Gasteiger charge is 2.12. The molecule has 0 fully saturated rings. The van der Waals surface area contributed by atoms with Crippen molar-refractivity contribution in [2.75, 3.05) is 4.90 Å². The minimum Gasteiger partial charge on any atom is -0.311 e. The highest BCUT2D eigenvalue weighted by Crippen LogP contribution is 2.36. The molecule has 0 aliphatic carbocycles. The molecule has 0 aromatic heterocycles. The van der Waals surface area contributed by atoms with Crippen LogP contribution in [-0.2, 0) is 0 Å². The number of aryl methyl sites for hydroxylation is 2. The van der Waals surface area contributed by atoms with Crippen molar-refractivity contribution in [1.29, 1.82) is 0 Å². The Balaban J connectivity index is 0.00000216. The van der Waals surface area contributed by atoms with Gasteiger partial charge in [0.1, 0.15) is 0 Å². The Kier molecular flexibility index (Phi) is 11.1. The molecule has 0 aliphatic heterocycles. The molecule has 4 rings (SSSR count). The summed E-state index contributed by atoms with van der Waals surface area (Å²) in [6.45, 7) is 18.5. The Morgan fingerprint density at radius 1 is 0.550 bits per heavy atom. The van der Waals surface area contributed by atoms with E-state index in [0.29, 0.717) is 0 Å². The average Bonchev–Trinajstić information content (AvgIpc) is 2.96. The quantitative estimate of drug-likeness (QED) is 0.207. The van der Waals surface area contributed by atoms with Gasteiger partial charge in [0.2, 0.25) is 0 Å². The van der Waals surface area contributed by atoms with Gasteiger partial charge in [-0.25, -0.2) is 0 Å². The van der Waals surface area contributed by atoms with Crippen LogP contribution in [0.25, 0.3) is 16.7 Å². The first kappa shape index (κ1) is 30.2. The SMILES string of the molecule is C=C(C)/C=C/C(=C/C=C(C)C)c1ccc(-c2ccc(N(c3ccc(C)cc3)c3ccc(C)cc3)cc2)cc1.CC. The predicted molar refractivity (Wildman–Crippen MR) is 179 cm³/mol. The fourth-order valence-electron chi connectivity index (χ4n) is 4.23. The summed E-state index contributed by atoms with van der Waals surface area (Å²) in [5, 5.41) is 0. The second-order valence-corrected chi connectivity index (χ2v) is 10.2. The van der Waals surface area contributed by atoms with Crippen LogP contribution in [0.5, 0.6) is 0 Å². The Morgan fingerprint density at radius 2 is 0.950 bits per heavy atom. The zero-order valence-corrected chi connectivity index (χ0v) is 25.2. The molecule has 0 saturated heterocycles. The van der Waals surface area contributed by atoms with Gasteiger partial charge in [-0.05, 0) is 93.3 Å². The standard InChI is InChI=1S/C37H37N.C2H6/c1-27(2)7-13-31(14-8-28(3)4)32-15-17-33(18-16-32)34-19-25-37(26-20-34)38(35-21-9-29(5)10-22-35)36-23-11-30(6)12-24-36;1-2/h7-26H,1H2,2-6H3;1-2H3/b13-7+,31-14-;. The van der Waals surface area contributed by atoms with Gasteiger partial charge in [0.15, 0.2) is 0 Å². The largest absolute Gasteiger partial charge is 0.311 e. The lowest BCUT2D eigenvalue weighted by molar-refractivity contribution is 1.27. The number of anilines is 3. The molecule has 0 aliphatic rings. The van der Waals surface area contributed by atoms with Crippen LogP contribution in [0.15, 0.2) is 139 Å². The van der Waals surface area contributed by atoms with E-state index in [1.54, 1.807) is 0 Å². The molecule has 4 aromatic carbocycles. The van der Waals surface area contributed by atoms with Gasteiger partial charge in [0.25, 0.3) is 0 Å². The van der Waals surface area contributed by atoms with Crippen molar-refractivity contribution in [1.82, 2.24) is 0 Å². The van der Waals surface area contributed by atoms with Crippen LogP contribution in [0, 0.1) is 13.8 Å². The summed E-state index contributed by atoms with van der Waals surface area (Å²) in [6, 6.07) is 35.0. The lowest BCUT2D eigenvalue weighted by Gasteiger charge is -2.26. The van der Waals surface area contributed by atoms with E-state index in [0.717, 1.165) is 22.6 Å². The van der Waals surface area contributed by atoms with E-state index in [9.17, 15) is 0 Å². The van der Waals surface area contributed by atoms with Gasteiger partial charge in [0.05, 0.1) is 0 Å². The van der Waals surface area contributed by atoms with Crippen LogP contribution >= 0.6 is 0 Å². The molecule has 0 N–H and O–H groups in total. The second kappa shape index (κ2) is 14.7. The van der Waals surface area contributed by atoms with E-state index >= 15 is 0 Å². The van der Waals surface area contributed by atoms with E-state index in [1.165, 1.54) is 39.0 Å². The summed E-state index contributed by atoms with van der Waals surface area (Å²) in [6.07, 6.45) is 8.52. The normalized spacial score (nSPS) is 11.0. The van der Waals surface area contributed by atoms with E-state index in [-0.39, 0.29) is 0 Å². The Bertz CT molecular complexity index is 1410. The molecule has 40 heavy (non-hydrogen) atoms. The molecular formula is C39H43N. The monoisotopic (exact) mass is 525 g/mol. The third-order valence-corrected chi connectivity index (χ3v) is 6.41. The zero-order valence-electron chi connectivity index (χ0n) is 25.2. The van der Waals surface area contributed by atoms with Crippen LogP contribution < -0.4 is 4.90 Å². The van der Waals surface area contributed by atoms with Gasteiger partial charge in [-0.2, -0.15) is 0 Å². The van der Waals surface area contributed by atoms with Gasteiger partial charge in [-0.3, -0.25) is 0 Å². The maximum absolute atomic E-state index is 4.00. The van der Waals surface area contributed by atoms with Crippen molar-refractivity contribution in [2.24, 2.45) is 0 Å². The molecule has 0 heterocycles. The lowest BCUT2D eigenvalue weighted by Crippen LogP contribution is -2.09. The smallest absolute Gasteiger partial charge is 0.0462 e. The molecule has 0 spiro atoms. The van der Waals surface area contributed by atoms with E-state index < -0.39 is 0 Å². The van der Waals surface area contributed by atoms with E-state index in [2.05, 4.69) is 161 Å². The minimum absolute atomic E-state index is 1.04. The minimum atomic E-state index is 1.04. The summed E-state index contributed by atoms with van der Waals surface area (Å²) in [5.74, 6) is 0. The van der Waals surface area contributed by atoms with Crippen LogP contribution in [-0.4, -0.2) is 0 Å². The summed E-state index contributed by atoms with van der Waals surface area (Å²) in [7, 11) is 0. The highest BCUT2D eigenvalue weighted by molar-refractivity contribution is 5.80. The summed E-state index contributed by atoms with van der Waals surface area (Å²) >= 11 is 0. The van der Waals surface area contributed by atoms with Gasteiger partial charge >= 0.3 is 0 Å². The second-order valence-electron chi connectivity index (χ2n) is 10.2. The van der Waals surface area contributed by atoms with E-state index in [1.807, 2.05) is 20.8 Å². The third kappa shape index (κ3) is 8.32.